The molecule has 6 heteroatoms. The molecule has 4 aromatic rings. The number of aromatic nitrogens is 2. The highest BCUT2D eigenvalue weighted by Gasteiger charge is 2.30. The van der Waals surface area contributed by atoms with Crippen LogP contribution in [0.5, 0.6) is 0 Å². The molecule has 0 fully saturated rings. The molecule has 0 radical (unpaired) electrons. The van der Waals surface area contributed by atoms with E-state index < -0.39 is 0 Å². The highest BCUT2D eigenvalue weighted by atomic mass is 32.2. The zero-order valence-electron chi connectivity index (χ0n) is 16.3. The number of carbonyl (C=O) groups is 1. The van der Waals surface area contributed by atoms with E-state index in [4.69, 9.17) is 0 Å². The van der Waals surface area contributed by atoms with Gasteiger partial charge in [0, 0.05) is 34.8 Å². The number of nitrogens with zero attached hydrogens (tertiary/aromatic N) is 2. The molecule has 148 valence electrons. The molecule has 1 amide bonds. The van der Waals surface area contributed by atoms with Gasteiger partial charge in [-0.15, -0.1) is 11.8 Å². The number of benzene rings is 2. The lowest BCUT2D eigenvalue weighted by atomic mass is 9.88. The molecule has 0 saturated carbocycles. The third kappa shape index (κ3) is 3.64. The summed E-state index contributed by atoms with van der Waals surface area (Å²) in [5, 5.41) is 3.67. The molecule has 0 aliphatic carbocycles. The van der Waals surface area contributed by atoms with Gasteiger partial charge >= 0.3 is 0 Å². The van der Waals surface area contributed by atoms with Crippen molar-refractivity contribution in [3.63, 3.8) is 0 Å². The van der Waals surface area contributed by atoms with Crippen LogP contribution in [0, 0.1) is 6.92 Å². The Morgan fingerprint density at radius 3 is 2.70 bits per heavy atom. The third-order valence-corrected chi connectivity index (χ3v) is 7.24. The van der Waals surface area contributed by atoms with E-state index in [-0.39, 0.29) is 11.8 Å². The van der Waals surface area contributed by atoms with Gasteiger partial charge in [0.1, 0.15) is 0 Å². The number of carbonyl (C=O) groups excluding carboxylic acids is 1. The van der Waals surface area contributed by atoms with Crippen LogP contribution in [-0.4, -0.2) is 15.9 Å². The van der Waals surface area contributed by atoms with Crippen LogP contribution in [0.4, 0.5) is 5.13 Å². The average molecular weight is 430 g/mol. The summed E-state index contributed by atoms with van der Waals surface area (Å²) < 4.78 is 0. The second kappa shape index (κ2) is 8.05. The number of anilines is 1. The van der Waals surface area contributed by atoms with Gasteiger partial charge in [0.2, 0.25) is 5.91 Å². The van der Waals surface area contributed by atoms with E-state index in [1.807, 2.05) is 43.6 Å². The number of rotatable bonds is 3. The van der Waals surface area contributed by atoms with E-state index in [2.05, 4.69) is 45.6 Å². The topological polar surface area (TPSA) is 54.9 Å². The molecule has 0 bridgehead atoms. The molecule has 1 unspecified atom stereocenters. The predicted molar refractivity (Wildman–Crippen MR) is 123 cm³/mol. The Bertz CT molecular complexity index is 1190. The minimum absolute atomic E-state index is 0.0549. The Labute approximate surface area is 183 Å². The molecular formula is C24H19N3OS2. The molecule has 3 heterocycles. The van der Waals surface area contributed by atoms with Crippen molar-refractivity contribution >= 4 is 34.1 Å². The summed E-state index contributed by atoms with van der Waals surface area (Å²) in [4.78, 5) is 24.3. The second-order valence-electron chi connectivity index (χ2n) is 7.23. The first-order valence-corrected chi connectivity index (χ1v) is 11.5. The summed E-state index contributed by atoms with van der Waals surface area (Å²) in [6, 6.07) is 18.5. The van der Waals surface area contributed by atoms with Gasteiger partial charge in [-0.1, -0.05) is 53.8 Å². The molecule has 5 rings (SSSR count). The van der Waals surface area contributed by atoms with E-state index in [0.29, 0.717) is 5.13 Å². The number of aryl methyl sites for hydroxylation is 1. The van der Waals surface area contributed by atoms with Crippen molar-refractivity contribution in [3.05, 3.63) is 95.4 Å². The van der Waals surface area contributed by atoms with Gasteiger partial charge in [-0.3, -0.25) is 9.78 Å². The Kier molecular flexibility index (Phi) is 5.11. The molecule has 1 N–H and O–H groups in total. The monoisotopic (exact) mass is 429 g/mol. The minimum atomic E-state index is -0.361. The number of hydrogen-bond acceptors (Lipinski definition) is 5. The fraction of sp³-hybridized carbons (Fsp3) is 0.125. The minimum Gasteiger partial charge on any atom is -0.301 e. The molecule has 2 aromatic carbocycles. The van der Waals surface area contributed by atoms with Gasteiger partial charge in [0.15, 0.2) is 5.13 Å². The van der Waals surface area contributed by atoms with Crippen molar-refractivity contribution in [2.75, 3.05) is 5.32 Å². The molecule has 1 aliphatic rings. The Morgan fingerprint density at radius 2 is 1.83 bits per heavy atom. The lowest BCUT2D eigenvalue weighted by molar-refractivity contribution is -0.116. The van der Waals surface area contributed by atoms with Crippen molar-refractivity contribution in [2.24, 2.45) is 0 Å². The van der Waals surface area contributed by atoms with Crippen molar-refractivity contribution in [2.45, 2.75) is 23.5 Å². The van der Waals surface area contributed by atoms with E-state index >= 15 is 0 Å². The van der Waals surface area contributed by atoms with E-state index in [0.717, 1.165) is 37.8 Å². The molecule has 0 saturated heterocycles. The summed E-state index contributed by atoms with van der Waals surface area (Å²) in [6.07, 6.45) is 5.44. The summed E-state index contributed by atoms with van der Waals surface area (Å²) in [5.41, 5.74) is 5.41. The second-order valence-corrected chi connectivity index (χ2v) is 9.28. The van der Waals surface area contributed by atoms with Gasteiger partial charge in [0.05, 0.1) is 10.8 Å². The first-order valence-electron chi connectivity index (χ1n) is 9.67. The van der Waals surface area contributed by atoms with Crippen LogP contribution >= 0.6 is 23.1 Å². The smallest absolute Gasteiger partial charge is 0.238 e. The molecule has 1 aliphatic heterocycles. The van der Waals surface area contributed by atoms with Crippen LogP contribution in [0.1, 0.15) is 28.2 Å². The van der Waals surface area contributed by atoms with Gasteiger partial charge in [-0.25, -0.2) is 4.98 Å². The molecule has 1 atom stereocenters. The van der Waals surface area contributed by atoms with Crippen molar-refractivity contribution < 1.29 is 4.79 Å². The van der Waals surface area contributed by atoms with E-state index in [1.54, 1.807) is 18.0 Å². The first-order chi connectivity index (χ1) is 14.7. The fourth-order valence-electron chi connectivity index (χ4n) is 3.74. The molecule has 4 nitrogen and oxygen atoms in total. The van der Waals surface area contributed by atoms with Gasteiger partial charge in [0.25, 0.3) is 0 Å². The largest absolute Gasteiger partial charge is 0.301 e. The van der Waals surface area contributed by atoms with Crippen molar-refractivity contribution in [1.29, 1.82) is 0 Å². The third-order valence-electron chi connectivity index (χ3n) is 5.14. The van der Waals surface area contributed by atoms with Crippen molar-refractivity contribution in [1.82, 2.24) is 9.97 Å². The zero-order valence-corrected chi connectivity index (χ0v) is 18.0. The van der Waals surface area contributed by atoms with Gasteiger partial charge in [-0.2, -0.15) is 0 Å². The quantitative estimate of drug-likeness (QED) is 0.441. The summed E-state index contributed by atoms with van der Waals surface area (Å²) in [6.45, 7) is 2.01. The average Bonchev–Trinajstić information content (AvgIpc) is 3.15. The molecule has 30 heavy (non-hydrogen) atoms. The van der Waals surface area contributed by atoms with Gasteiger partial charge in [-0.05, 0) is 41.3 Å². The van der Waals surface area contributed by atoms with Crippen LogP contribution in [0.15, 0.2) is 78.1 Å². The number of fused-ring (bicyclic) bond motifs is 2. The van der Waals surface area contributed by atoms with E-state index in [9.17, 15) is 4.79 Å². The van der Waals surface area contributed by atoms with Crippen molar-refractivity contribution in [3.8, 4) is 10.4 Å². The van der Waals surface area contributed by atoms with Crippen LogP contribution in [0.25, 0.3) is 10.4 Å². The molecular weight excluding hydrogens is 410 g/mol. The maximum atomic E-state index is 13.5. The predicted octanol–water partition coefficient (Wildman–Crippen LogP) is 5.89. The summed E-state index contributed by atoms with van der Waals surface area (Å²) in [7, 11) is 0. The first kappa shape index (κ1) is 19.0. The Hall–Kier alpha value is -2.96. The van der Waals surface area contributed by atoms with Crippen LogP contribution in [0.2, 0.25) is 0 Å². The highest BCUT2D eigenvalue weighted by Crippen LogP contribution is 2.41. The SMILES string of the molecule is Cc1cncc(-c2cnc(NC(=O)C3c4ccccc4CSc4ccccc43)s2)c1. The normalized spacial score (nSPS) is 15.0. The fourth-order valence-corrected chi connectivity index (χ4v) is 5.64. The van der Waals surface area contributed by atoms with Crippen LogP contribution < -0.4 is 5.32 Å². The lowest BCUT2D eigenvalue weighted by Crippen LogP contribution is -2.22. The number of amides is 1. The Balaban J connectivity index is 1.48. The highest BCUT2D eigenvalue weighted by molar-refractivity contribution is 7.98. The summed E-state index contributed by atoms with van der Waals surface area (Å²) >= 11 is 3.25. The van der Waals surface area contributed by atoms with E-state index in [1.165, 1.54) is 16.9 Å². The number of pyridine rings is 1. The lowest BCUT2D eigenvalue weighted by Gasteiger charge is -2.18. The number of thioether (sulfide) groups is 1. The maximum absolute atomic E-state index is 13.5. The van der Waals surface area contributed by atoms with Gasteiger partial charge < -0.3 is 5.32 Å². The van der Waals surface area contributed by atoms with Crippen LogP contribution in [0.3, 0.4) is 0 Å². The summed E-state index contributed by atoms with van der Waals surface area (Å²) in [5.74, 6) is 0.444. The Morgan fingerprint density at radius 1 is 1.03 bits per heavy atom. The molecule has 2 aromatic heterocycles. The van der Waals surface area contributed by atoms with Crippen LogP contribution in [-0.2, 0) is 10.5 Å². The number of nitrogens with one attached hydrogen (secondary N) is 1. The number of hydrogen-bond donors (Lipinski definition) is 1. The molecule has 0 spiro atoms. The zero-order chi connectivity index (χ0) is 20.5. The maximum Gasteiger partial charge on any atom is 0.238 e. The standard InChI is InChI=1S/C24H19N3OS2/c1-15-10-17(12-25-11-15)21-13-26-24(30-21)27-23(28)22-18-7-3-2-6-16(18)14-29-20-9-5-4-8-19(20)22/h2-13,22H,14H2,1H3,(H,26,27,28). The number of thiazole rings is 1.